The van der Waals surface area contributed by atoms with E-state index in [1.165, 1.54) is 18.2 Å². The highest BCUT2D eigenvalue weighted by molar-refractivity contribution is 5.32. The second kappa shape index (κ2) is 5.66. The van der Waals surface area contributed by atoms with Crippen molar-refractivity contribution in [2.24, 2.45) is 0 Å². The number of aliphatic hydroxyl groups excluding tert-OH is 1. The summed E-state index contributed by atoms with van der Waals surface area (Å²) in [5.74, 6) is 0.567. The Labute approximate surface area is 114 Å². The van der Waals surface area contributed by atoms with Crippen LogP contribution in [0.1, 0.15) is 30.0 Å². The number of aryl methyl sites for hydroxylation is 1. The topological polar surface area (TPSA) is 38.0 Å². The van der Waals surface area contributed by atoms with E-state index in [4.69, 9.17) is 0 Å². The van der Waals surface area contributed by atoms with Gasteiger partial charge in [-0.25, -0.2) is 4.98 Å². The lowest BCUT2D eigenvalue weighted by Gasteiger charge is -2.17. The van der Waals surface area contributed by atoms with Gasteiger partial charge in [0.05, 0.1) is 11.7 Å². The smallest absolute Gasteiger partial charge is 0.388 e. The standard InChI is InChI=1S/C14H15F3N2O/c1-2-19-8-7-18-13(19)9-12(20)10-5-3-4-6-11(10)14(15,16)17/h3-8,12,20H,2,9H2,1H3. The Balaban J connectivity index is 2.28. The van der Waals surface area contributed by atoms with Gasteiger partial charge in [0.1, 0.15) is 5.82 Å². The molecule has 0 saturated heterocycles. The van der Waals surface area contributed by atoms with Gasteiger partial charge in [0.25, 0.3) is 0 Å². The van der Waals surface area contributed by atoms with E-state index in [0.717, 1.165) is 6.07 Å². The molecule has 2 aromatic rings. The quantitative estimate of drug-likeness (QED) is 0.936. The number of alkyl halides is 3. The summed E-state index contributed by atoms with van der Waals surface area (Å²) in [6.45, 7) is 2.56. The summed E-state index contributed by atoms with van der Waals surface area (Å²) < 4.78 is 40.5. The van der Waals surface area contributed by atoms with Crippen LogP contribution in [0.25, 0.3) is 0 Å². The predicted octanol–water partition coefficient (Wildman–Crippen LogP) is 3.20. The van der Waals surface area contributed by atoms with Gasteiger partial charge in [-0.05, 0) is 18.6 Å². The number of imidazole rings is 1. The molecule has 1 N–H and O–H groups in total. The van der Waals surface area contributed by atoms with Crippen LogP contribution in [0.2, 0.25) is 0 Å². The van der Waals surface area contributed by atoms with Crippen molar-refractivity contribution in [2.45, 2.75) is 32.2 Å². The lowest BCUT2D eigenvalue weighted by atomic mass is 9.99. The minimum Gasteiger partial charge on any atom is -0.388 e. The van der Waals surface area contributed by atoms with Crippen molar-refractivity contribution in [1.82, 2.24) is 9.55 Å². The molecular formula is C14H15F3N2O. The van der Waals surface area contributed by atoms with Crippen LogP contribution in [0.4, 0.5) is 13.2 Å². The highest BCUT2D eigenvalue weighted by Gasteiger charge is 2.34. The third kappa shape index (κ3) is 3.01. The summed E-state index contributed by atoms with van der Waals surface area (Å²) in [5.41, 5.74) is -0.923. The fourth-order valence-corrected chi connectivity index (χ4v) is 2.15. The van der Waals surface area contributed by atoms with Gasteiger partial charge in [-0.15, -0.1) is 0 Å². The minimum atomic E-state index is -4.47. The highest BCUT2D eigenvalue weighted by Crippen LogP contribution is 2.35. The fraction of sp³-hybridized carbons (Fsp3) is 0.357. The van der Waals surface area contributed by atoms with E-state index in [1.807, 2.05) is 6.92 Å². The first-order chi connectivity index (χ1) is 9.43. The lowest BCUT2D eigenvalue weighted by molar-refractivity contribution is -0.139. The van der Waals surface area contributed by atoms with Crippen LogP contribution in [-0.2, 0) is 19.1 Å². The molecule has 1 aromatic heterocycles. The fourth-order valence-electron chi connectivity index (χ4n) is 2.15. The highest BCUT2D eigenvalue weighted by atomic mass is 19.4. The van der Waals surface area contributed by atoms with Crippen molar-refractivity contribution in [2.75, 3.05) is 0 Å². The first-order valence-corrected chi connectivity index (χ1v) is 6.27. The molecule has 1 atom stereocenters. The molecule has 0 radical (unpaired) electrons. The SMILES string of the molecule is CCn1ccnc1CC(O)c1ccccc1C(F)(F)F. The second-order valence-electron chi connectivity index (χ2n) is 4.43. The Morgan fingerprint density at radius 2 is 2.00 bits per heavy atom. The summed E-state index contributed by atoms with van der Waals surface area (Å²) in [6.07, 6.45) is -2.36. The van der Waals surface area contributed by atoms with Gasteiger partial charge in [0, 0.05) is 25.4 Å². The number of hydrogen-bond acceptors (Lipinski definition) is 2. The molecule has 1 aromatic carbocycles. The molecular weight excluding hydrogens is 269 g/mol. The molecule has 0 aliphatic carbocycles. The zero-order chi connectivity index (χ0) is 14.8. The number of rotatable bonds is 4. The monoisotopic (exact) mass is 284 g/mol. The van der Waals surface area contributed by atoms with Gasteiger partial charge in [-0.3, -0.25) is 0 Å². The van der Waals surface area contributed by atoms with Gasteiger partial charge in [0.2, 0.25) is 0 Å². The third-order valence-corrected chi connectivity index (χ3v) is 3.14. The molecule has 0 fully saturated rings. The Morgan fingerprint density at radius 1 is 1.30 bits per heavy atom. The molecule has 3 nitrogen and oxygen atoms in total. The van der Waals surface area contributed by atoms with Crippen LogP contribution in [0, 0.1) is 0 Å². The van der Waals surface area contributed by atoms with Crippen molar-refractivity contribution in [1.29, 1.82) is 0 Å². The zero-order valence-electron chi connectivity index (χ0n) is 10.9. The number of halogens is 3. The third-order valence-electron chi connectivity index (χ3n) is 3.14. The number of benzene rings is 1. The van der Waals surface area contributed by atoms with Crippen molar-refractivity contribution in [3.8, 4) is 0 Å². The average molecular weight is 284 g/mol. The molecule has 0 saturated carbocycles. The maximum absolute atomic E-state index is 12.9. The molecule has 108 valence electrons. The van der Waals surface area contributed by atoms with E-state index in [1.54, 1.807) is 17.0 Å². The Hall–Kier alpha value is -1.82. The van der Waals surface area contributed by atoms with E-state index in [0.29, 0.717) is 12.4 Å². The first-order valence-electron chi connectivity index (χ1n) is 6.27. The number of hydrogen-bond donors (Lipinski definition) is 1. The Kier molecular flexibility index (Phi) is 4.13. The van der Waals surface area contributed by atoms with Crippen LogP contribution in [-0.4, -0.2) is 14.7 Å². The molecule has 0 aliphatic rings. The van der Waals surface area contributed by atoms with Gasteiger partial charge in [-0.1, -0.05) is 18.2 Å². The van der Waals surface area contributed by atoms with Crippen LogP contribution < -0.4 is 0 Å². The van der Waals surface area contributed by atoms with Crippen molar-refractivity contribution in [3.63, 3.8) is 0 Å². The van der Waals surface area contributed by atoms with E-state index < -0.39 is 17.8 Å². The molecule has 0 spiro atoms. The largest absolute Gasteiger partial charge is 0.416 e. The van der Waals surface area contributed by atoms with Gasteiger partial charge < -0.3 is 9.67 Å². The maximum atomic E-state index is 12.9. The first kappa shape index (κ1) is 14.6. The van der Waals surface area contributed by atoms with Gasteiger partial charge >= 0.3 is 6.18 Å². The van der Waals surface area contributed by atoms with Crippen LogP contribution in [0.5, 0.6) is 0 Å². The minimum absolute atomic E-state index is 0.0495. The summed E-state index contributed by atoms with van der Waals surface area (Å²) in [5, 5.41) is 10.1. The van der Waals surface area contributed by atoms with E-state index in [-0.39, 0.29) is 12.0 Å². The molecule has 6 heteroatoms. The van der Waals surface area contributed by atoms with Crippen molar-refractivity contribution >= 4 is 0 Å². The molecule has 1 heterocycles. The van der Waals surface area contributed by atoms with Gasteiger partial charge in [0.15, 0.2) is 0 Å². The number of nitrogens with zero attached hydrogens (tertiary/aromatic N) is 2. The van der Waals surface area contributed by atoms with Crippen molar-refractivity contribution in [3.05, 3.63) is 53.6 Å². The molecule has 20 heavy (non-hydrogen) atoms. The predicted molar refractivity (Wildman–Crippen MR) is 68.0 cm³/mol. The molecule has 0 aliphatic heterocycles. The Bertz CT molecular complexity index is 578. The molecule has 1 unspecified atom stereocenters. The van der Waals surface area contributed by atoms with Crippen LogP contribution >= 0.6 is 0 Å². The van der Waals surface area contributed by atoms with E-state index in [2.05, 4.69) is 4.98 Å². The van der Waals surface area contributed by atoms with E-state index >= 15 is 0 Å². The summed E-state index contributed by atoms with van der Waals surface area (Å²) in [6, 6.07) is 5.07. The molecule has 0 amide bonds. The second-order valence-corrected chi connectivity index (χ2v) is 4.43. The summed E-state index contributed by atoms with van der Waals surface area (Å²) in [4.78, 5) is 4.07. The normalized spacial score (nSPS) is 13.4. The van der Waals surface area contributed by atoms with Crippen molar-refractivity contribution < 1.29 is 18.3 Å². The zero-order valence-corrected chi connectivity index (χ0v) is 10.9. The number of aliphatic hydroxyl groups is 1. The average Bonchev–Trinajstić information content (AvgIpc) is 2.85. The maximum Gasteiger partial charge on any atom is 0.416 e. The molecule has 2 rings (SSSR count). The van der Waals surface area contributed by atoms with Crippen LogP contribution in [0.3, 0.4) is 0 Å². The molecule has 0 bridgehead atoms. The van der Waals surface area contributed by atoms with Crippen LogP contribution in [0.15, 0.2) is 36.7 Å². The van der Waals surface area contributed by atoms with E-state index in [9.17, 15) is 18.3 Å². The summed E-state index contributed by atoms with van der Waals surface area (Å²) >= 11 is 0. The number of aromatic nitrogens is 2. The van der Waals surface area contributed by atoms with Gasteiger partial charge in [-0.2, -0.15) is 13.2 Å². The summed E-state index contributed by atoms with van der Waals surface area (Å²) in [7, 11) is 0. The lowest BCUT2D eigenvalue weighted by Crippen LogP contribution is -2.14. The Morgan fingerprint density at radius 3 is 2.65 bits per heavy atom.